The molecule has 0 bridgehead atoms. The maximum absolute atomic E-state index is 11.7. The van der Waals surface area contributed by atoms with Gasteiger partial charge in [-0.3, -0.25) is 4.79 Å². The van der Waals surface area contributed by atoms with E-state index in [2.05, 4.69) is 6.58 Å². The van der Waals surface area contributed by atoms with Crippen molar-refractivity contribution in [2.24, 2.45) is 0 Å². The molecule has 0 fully saturated rings. The number of nitrogens with zero attached hydrogens (tertiary/aromatic N) is 1. The van der Waals surface area contributed by atoms with Crippen molar-refractivity contribution in [3.8, 4) is 0 Å². The highest BCUT2D eigenvalue weighted by atomic mass is 16.5. The van der Waals surface area contributed by atoms with E-state index in [1.807, 2.05) is 19.9 Å². The van der Waals surface area contributed by atoms with E-state index >= 15 is 0 Å². The van der Waals surface area contributed by atoms with Gasteiger partial charge in [-0.15, -0.1) is 0 Å². The molecule has 18 heavy (non-hydrogen) atoms. The highest BCUT2D eigenvalue weighted by Gasteiger charge is 2.16. The minimum absolute atomic E-state index is 0.0336. The normalized spacial score (nSPS) is 13.7. The molecule has 1 aromatic rings. The Labute approximate surface area is 107 Å². The number of aromatic nitrogens is 1. The second kappa shape index (κ2) is 6.79. The molecule has 4 heteroatoms. The SMILES string of the molecule is C=CC(=O)OC(C)CC(CC)n1ccccc1=O. The average Bonchev–Trinajstić information content (AvgIpc) is 2.36. The first kappa shape index (κ1) is 14.2. The lowest BCUT2D eigenvalue weighted by atomic mass is 10.1. The van der Waals surface area contributed by atoms with Crippen LogP contribution in [0, 0.1) is 0 Å². The lowest BCUT2D eigenvalue weighted by Crippen LogP contribution is -2.26. The van der Waals surface area contributed by atoms with Gasteiger partial charge in [-0.1, -0.05) is 19.6 Å². The topological polar surface area (TPSA) is 48.3 Å². The van der Waals surface area contributed by atoms with E-state index in [9.17, 15) is 9.59 Å². The molecule has 1 aromatic heterocycles. The van der Waals surface area contributed by atoms with Crippen LogP contribution in [0.25, 0.3) is 0 Å². The first-order valence-corrected chi connectivity index (χ1v) is 6.08. The molecule has 0 saturated carbocycles. The molecule has 0 amide bonds. The zero-order chi connectivity index (χ0) is 13.5. The van der Waals surface area contributed by atoms with Crippen LogP contribution in [0.15, 0.2) is 41.8 Å². The van der Waals surface area contributed by atoms with E-state index < -0.39 is 5.97 Å². The van der Waals surface area contributed by atoms with Gasteiger partial charge in [0.25, 0.3) is 5.56 Å². The number of hydrogen-bond acceptors (Lipinski definition) is 3. The van der Waals surface area contributed by atoms with Crippen LogP contribution in [0.2, 0.25) is 0 Å². The van der Waals surface area contributed by atoms with Crippen molar-refractivity contribution < 1.29 is 9.53 Å². The summed E-state index contributed by atoms with van der Waals surface area (Å²) in [5, 5.41) is 0. The van der Waals surface area contributed by atoms with Crippen molar-refractivity contribution >= 4 is 5.97 Å². The number of esters is 1. The quantitative estimate of drug-likeness (QED) is 0.574. The highest BCUT2D eigenvalue weighted by Crippen LogP contribution is 2.17. The summed E-state index contributed by atoms with van der Waals surface area (Å²) in [6, 6.07) is 5.10. The zero-order valence-electron chi connectivity index (χ0n) is 10.8. The largest absolute Gasteiger partial charge is 0.459 e. The molecule has 0 radical (unpaired) electrons. The van der Waals surface area contributed by atoms with Crippen LogP contribution in [-0.2, 0) is 9.53 Å². The lowest BCUT2D eigenvalue weighted by Gasteiger charge is -2.21. The minimum Gasteiger partial charge on any atom is -0.459 e. The molecule has 0 aliphatic carbocycles. The van der Waals surface area contributed by atoms with E-state index in [0.29, 0.717) is 6.42 Å². The Morgan fingerprint density at radius 2 is 2.28 bits per heavy atom. The van der Waals surface area contributed by atoms with Crippen molar-refractivity contribution in [3.05, 3.63) is 47.4 Å². The fraction of sp³-hybridized carbons (Fsp3) is 0.429. The van der Waals surface area contributed by atoms with Gasteiger partial charge in [0.2, 0.25) is 0 Å². The number of rotatable bonds is 6. The smallest absolute Gasteiger partial charge is 0.330 e. The molecule has 0 aliphatic heterocycles. The van der Waals surface area contributed by atoms with Crippen molar-refractivity contribution in [2.45, 2.75) is 38.8 Å². The Morgan fingerprint density at radius 1 is 1.56 bits per heavy atom. The third kappa shape index (κ3) is 3.87. The first-order chi connectivity index (χ1) is 8.58. The first-order valence-electron chi connectivity index (χ1n) is 6.08. The summed E-state index contributed by atoms with van der Waals surface area (Å²) in [5.74, 6) is -0.433. The standard InChI is InChI=1S/C14H19NO3/c1-4-12(10-11(3)18-14(17)5-2)15-9-7-6-8-13(15)16/h5-9,11-12H,2,4,10H2,1,3H3. The summed E-state index contributed by atoms with van der Waals surface area (Å²) in [4.78, 5) is 22.8. The van der Waals surface area contributed by atoms with Crippen LogP contribution in [-0.4, -0.2) is 16.6 Å². The van der Waals surface area contributed by atoms with E-state index in [1.54, 1.807) is 16.8 Å². The molecule has 0 aliphatic rings. The average molecular weight is 249 g/mol. The number of hydrogen-bond donors (Lipinski definition) is 0. The van der Waals surface area contributed by atoms with Gasteiger partial charge in [0.1, 0.15) is 6.10 Å². The van der Waals surface area contributed by atoms with Crippen LogP contribution in [0.1, 0.15) is 32.7 Å². The molecule has 0 aromatic carbocycles. The van der Waals surface area contributed by atoms with Gasteiger partial charge in [0.15, 0.2) is 0 Å². The van der Waals surface area contributed by atoms with Crippen LogP contribution >= 0.6 is 0 Å². The summed E-state index contributed by atoms with van der Waals surface area (Å²) < 4.78 is 6.80. The van der Waals surface area contributed by atoms with Crippen molar-refractivity contribution in [1.82, 2.24) is 4.57 Å². The molecule has 0 saturated heterocycles. The minimum atomic E-state index is -0.433. The summed E-state index contributed by atoms with van der Waals surface area (Å²) in [5.41, 5.74) is -0.0356. The maximum Gasteiger partial charge on any atom is 0.330 e. The van der Waals surface area contributed by atoms with Gasteiger partial charge in [-0.05, 0) is 19.4 Å². The lowest BCUT2D eigenvalue weighted by molar-refractivity contribution is -0.142. The summed E-state index contributed by atoms with van der Waals surface area (Å²) in [6.07, 6.45) is 4.08. The predicted molar refractivity (Wildman–Crippen MR) is 70.4 cm³/mol. The zero-order valence-corrected chi connectivity index (χ0v) is 10.8. The molecule has 0 spiro atoms. The van der Waals surface area contributed by atoms with Crippen LogP contribution in [0.5, 0.6) is 0 Å². The van der Waals surface area contributed by atoms with Crippen LogP contribution < -0.4 is 5.56 Å². The Bertz CT molecular complexity index is 464. The Hall–Kier alpha value is -1.84. The maximum atomic E-state index is 11.7. The molecule has 1 rings (SSSR count). The van der Waals surface area contributed by atoms with Gasteiger partial charge >= 0.3 is 5.97 Å². The second-order valence-corrected chi connectivity index (χ2v) is 4.20. The van der Waals surface area contributed by atoms with Crippen molar-refractivity contribution in [3.63, 3.8) is 0 Å². The number of carbonyl (C=O) groups excluding carboxylic acids is 1. The Morgan fingerprint density at radius 3 is 2.83 bits per heavy atom. The summed E-state index contributed by atoms with van der Waals surface area (Å²) >= 11 is 0. The molecule has 98 valence electrons. The van der Waals surface area contributed by atoms with Crippen molar-refractivity contribution in [1.29, 1.82) is 0 Å². The number of ether oxygens (including phenoxy) is 1. The van der Waals surface area contributed by atoms with E-state index in [4.69, 9.17) is 4.74 Å². The van der Waals surface area contributed by atoms with Gasteiger partial charge in [0.05, 0.1) is 0 Å². The third-order valence-electron chi connectivity index (χ3n) is 2.80. The molecular weight excluding hydrogens is 230 g/mol. The summed E-state index contributed by atoms with van der Waals surface area (Å²) in [7, 11) is 0. The summed E-state index contributed by atoms with van der Waals surface area (Å²) in [6.45, 7) is 7.18. The van der Waals surface area contributed by atoms with Crippen LogP contribution in [0.4, 0.5) is 0 Å². The Kier molecular flexibility index (Phi) is 5.36. The molecule has 2 unspecified atom stereocenters. The van der Waals surface area contributed by atoms with E-state index in [1.165, 1.54) is 6.07 Å². The highest BCUT2D eigenvalue weighted by molar-refractivity contribution is 5.81. The van der Waals surface area contributed by atoms with Gasteiger partial charge in [-0.2, -0.15) is 0 Å². The fourth-order valence-electron chi connectivity index (χ4n) is 1.90. The predicted octanol–water partition coefficient (Wildman–Crippen LogP) is 2.31. The van der Waals surface area contributed by atoms with Gasteiger partial charge < -0.3 is 9.30 Å². The second-order valence-electron chi connectivity index (χ2n) is 4.20. The molecule has 4 nitrogen and oxygen atoms in total. The molecule has 2 atom stereocenters. The van der Waals surface area contributed by atoms with E-state index in [-0.39, 0.29) is 17.7 Å². The molecular formula is C14H19NO3. The van der Waals surface area contributed by atoms with E-state index in [0.717, 1.165) is 12.5 Å². The molecule has 0 N–H and O–H groups in total. The number of carbonyl (C=O) groups is 1. The number of pyridine rings is 1. The molecule has 1 heterocycles. The Balaban J connectivity index is 2.74. The third-order valence-corrected chi connectivity index (χ3v) is 2.80. The fourth-order valence-corrected chi connectivity index (χ4v) is 1.90. The van der Waals surface area contributed by atoms with Gasteiger partial charge in [0, 0.05) is 30.8 Å². The van der Waals surface area contributed by atoms with Gasteiger partial charge in [-0.25, -0.2) is 4.79 Å². The monoisotopic (exact) mass is 249 g/mol. The van der Waals surface area contributed by atoms with Crippen molar-refractivity contribution in [2.75, 3.05) is 0 Å². The van der Waals surface area contributed by atoms with Crippen LogP contribution in [0.3, 0.4) is 0 Å².